The van der Waals surface area contributed by atoms with E-state index >= 15 is 0 Å². The van der Waals surface area contributed by atoms with Crippen molar-refractivity contribution in [3.63, 3.8) is 0 Å². The SMILES string of the molecule is CCOc1cccc2cc(-c3cc(=O)oc4cc(OC(=O)c5cc6cc(Br)ccc6o5)ccc34)c(=O)oc12. The summed E-state index contributed by atoms with van der Waals surface area (Å²) in [7, 11) is 0. The second-order valence-electron chi connectivity index (χ2n) is 8.37. The van der Waals surface area contributed by atoms with Crippen LogP contribution in [-0.4, -0.2) is 12.6 Å². The number of esters is 1. The van der Waals surface area contributed by atoms with Gasteiger partial charge in [-0.3, -0.25) is 0 Å². The molecule has 188 valence electrons. The van der Waals surface area contributed by atoms with Crippen LogP contribution in [0.1, 0.15) is 17.5 Å². The fourth-order valence-electron chi connectivity index (χ4n) is 4.28. The fraction of sp³-hybridized carbons (Fsp3) is 0.0690. The first-order chi connectivity index (χ1) is 18.4. The van der Waals surface area contributed by atoms with Gasteiger partial charge in [-0.15, -0.1) is 0 Å². The minimum Gasteiger partial charge on any atom is -0.490 e. The van der Waals surface area contributed by atoms with Crippen LogP contribution in [0.5, 0.6) is 11.5 Å². The van der Waals surface area contributed by atoms with Gasteiger partial charge < -0.3 is 22.7 Å². The number of hydrogen-bond acceptors (Lipinski definition) is 8. The molecule has 0 saturated carbocycles. The van der Waals surface area contributed by atoms with E-state index in [1.807, 2.05) is 13.0 Å². The molecule has 0 radical (unpaired) electrons. The van der Waals surface area contributed by atoms with Gasteiger partial charge in [0.25, 0.3) is 0 Å². The van der Waals surface area contributed by atoms with Crippen LogP contribution in [-0.2, 0) is 0 Å². The summed E-state index contributed by atoms with van der Waals surface area (Å²) in [5.41, 5.74) is 0.190. The zero-order valence-electron chi connectivity index (χ0n) is 19.8. The van der Waals surface area contributed by atoms with Gasteiger partial charge in [0.05, 0.1) is 12.2 Å². The van der Waals surface area contributed by atoms with Crippen LogP contribution in [0, 0.1) is 0 Å². The Hall–Kier alpha value is -4.63. The van der Waals surface area contributed by atoms with Crippen LogP contribution < -0.4 is 20.7 Å². The van der Waals surface area contributed by atoms with E-state index < -0.39 is 17.2 Å². The molecule has 0 bridgehead atoms. The van der Waals surface area contributed by atoms with Crippen LogP contribution in [0.2, 0.25) is 0 Å². The average Bonchev–Trinajstić information content (AvgIpc) is 3.32. The third kappa shape index (κ3) is 4.26. The number of carbonyl (C=O) groups is 1. The van der Waals surface area contributed by atoms with Crippen molar-refractivity contribution in [1.29, 1.82) is 0 Å². The summed E-state index contributed by atoms with van der Waals surface area (Å²) in [6, 6.07) is 19.7. The lowest BCUT2D eigenvalue weighted by Crippen LogP contribution is -2.08. The molecule has 8 nitrogen and oxygen atoms in total. The molecule has 0 spiro atoms. The van der Waals surface area contributed by atoms with Crippen LogP contribution in [0.25, 0.3) is 44.0 Å². The fourth-order valence-corrected chi connectivity index (χ4v) is 4.65. The summed E-state index contributed by atoms with van der Waals surface area (Å²) in [4.78, 5) is 38.1. The molecule has 9 heteroatoms. The molecule has 0 aliphatic rings. The van der Waals surface area contributed by atoms with Crippen molar-refractivity contribution in [2.45, 2.75) is 6.92 Å². The molecule has 0 N–H and O–H groups in total. The van der Waals surface area contributed by atoms with Gasteiger partial charge in [0.1, 0.15) is 16.9 Å². The zero-order chi connectivity index (χ0) is 26.4. The number of rotatable bonds is 5. The quantitative estimate of drug-likeness (QED) is 0.128. The van der Waals surface area contributed by atoms with Gasteiger partial charge in [0.2, 0.25) is 5.76 Å². The Morgan fingerprint density at radius 2 is 1.71 bits per heavy atom. The molecule has 0 amide bonds. The van der Waals surface area contributed by atoms with Crippen molar-refractivity contribution in [2.24, 2.45) is 0 Å². The summed E-state index contributed by atoms with van der Waals surface area (Å²) in [6.45, 7) is 2.25. The van der Waals surface area contributed by atoms with E-state index in [0.29, 0.717) is 39.9 Å². The minimum atomic E-state index is -0.713. The maximum atomic E-state index is 13.0. The molecule has 6 aromatic rings. The maximum Gasteiger partial charge on any atom is 0.379 e. The zero-order valence-corrected chi connectivity index (χ0v) is 21.4. The Morgan fingerprint density at radius 1 is 0.842 bits per heavy atom. The summed E-state index contributed by atoms with van der Waals surface area (Å²) in [6.07, 6.45) is 0. The highest BCUT2D eigenvalue weighted by Gasteiger charge is 2.18. The van der Waals surface area contributed by atoms with Crippen molar-refractivity contribution in [3.05, 3.63) is 104 Å². The van der Waals surface area contributed by atoms with Gasteiger partial charge in [-0.1, -0.05) is 28.1 Å². The van der Waals surface area contributed by atoms with Crippen molar-refractivity contribution >= 4 is 54.8 Å². The van der Waals surface area contributed by atoms with Gasteiger partial charge >= 0.3 is 17.2 Å². The lowest BCUT2D eigenvalue weighted by Gasteiger charge is -2.09. The number of halogens is 1. The van der Waals surface area contributed by atoms with Crippen molar-refractivity contribution in [3.8, 4) is 22.6 Å². The summed E-state index contributed by atoms with van der Waals surface area (Å²) in [5.74, 6) is -0.102. The largest absolute Gasteiger partial charge is 0.490 e. The number of furan rings is 1. The van der Waals surface area contributed by atoms with E-state index in [4.69, 9.17) is 22.7 Å². The smallest absolute Gasteiger partial charge is 0.379 e. The van der Waals surface area contributed by atoms with Gasteiger partial charge in [-0.05, 0) is 55.5 Å². The molecule has 0 unspecified atom stereocenters. The monoisotopic (exact) mass is 572 g/mol. The predicted octanol–water partition coefficient (Wildman–Crippen LogP) is 6.69. The normalized spacial score (nSPS) is 11.3. The Balaban J connectivity index is 1.39. The first-order valence-electron chi connectivity index (χ1n) is 11.6. The van der Waals surface area contributed by atoms with Crippen LogP contribution in [0.4, 0.5) is 0 Å². The molecule has 0 saturated heterocycles. The van der Waals surface area contributed by atoms with Crippen molar-refractivity contribution in [1.82, 2.24) is 0 Å². The topological polar surface area (TPSA) is 109 Å². The summed E-state index contributed by atoms with van der Waals surface area (Å²) < 4.78 is 28.4. The van der Waals surface area contributed by atoms with E-state index in [-0.39, 0.29) is 22.7 Å². The molecule has 0 aliphatic carbocycles. The first-order valence-corrected chi connectivity index (χ1v) is 12.4. The second kappa shape index (κ2) is 9.35. The molecular weight excluding hydrogens is 556 g/mol. The maximum absolute atomic E-state index is 13.0. The van der Waals surface area contributed by atoms with E-state index in [1.54, 1.807) is 54.6 Å². The number of carbonyl (C=O) groups excluding carboxylic acids is 1. The van der Waals surface area contributed by atoms with Crippen LogP contribution in [0.15, 0.2) is 100 Å². The van der Waals surface area contributed by atoms with Gasteiger partial charge in [-0.2, -0.15) is 0 Å². The van der Waals surface area contributed by atoms with E-state index in [0.717, 1.165) is 9.86 Å². The van der Waals surface area contributed by atoms with Gasteiger partial charge in [-0.25, -0.2) is 14.4 Å². The highest BCUT2D eigenvalue weighted by molar-refractivity contribution is 9.10. The number of benzene rings is 3. The number of fused-ring (bicyclic) bond motifs is 3. The average molecular weight is 573 g/mol. The highest BCUT2D eigenvalue weighted by Crippen LogP contribution is 2.32. The lowest BCUT2D eigenvalue weighted by molar-refractivity contribution is 0.0704. The first kappa shape index (κ1) is 23.7. The van der Waals surface area contributed by atoms with E-state index in [1.165, 1.54) is 12.1 Å². The van der Waals surface area contributed by atoms with Gasteiger partial charge in [0.15, 0.2) is 11.3 Å². The Bertz CT molecular complexity index is 2000. The van der Waals surface area contributed by atoms with Crippen molar-refractivity contribution < 1.29 is 27.5 Å². The number of ether oxygens (including phenoxy) is 2. The summed E-state index contributed by atoms with van der Waals surface area (Å²) in [5, 5.41) is 1.84. The van der Waals surface area contributed by atoms with Gasteiger partial charge in [0, 0.05) is 38.3 Å². The molecule has 38 heavy (non-hydrogen) atoms. The molecular formula is C29H17BrO8. The molecule has 0 atom stereocenters. The number of hydrogen-bond donors (Lipinski definition) is 0. The summed E-state index contributed by atoms with van der Waals surface area (Å²) >= 11 is 3.38. The predicted molar refractivity (Wildman–Crippen MR) is 144 cm³/mol. The van der Waals surface area contributed by atoms with E-state index in [2.05, 4.69) is 15.9 Å². The molecule has 3 heterocycles. The molecule has 3 aromatic carbocycles. The highest BCUT2D eigenvalue weighted by atomic mass is 79.9. The molecule has 6 rings (SSSR count). The van der Waals surface area contributed by atoms with Crippen molar-refractivity contribution in [2.75, 3.05) is 6.61 Å². The Labute approximate surface area is 222 Å². The molecule has 0 fully saturated rings. The number of para-hydroxylation sites is 1. The van der Waals surface area contributed by atoms with Crippen LogP contribution in [0.3, 0.4) is 0 Å². The molecule has 0 aliphatic heterocycles. The standard InChI is InChI=1S/C29H17BrO8/c1-2-34-23-5-3-4-15-11-21(28(32)38-27(15)23)20-14-26(31)37-24-13-18(7-8-19(20)24)35-29(33)25-12-16-10-17(30)6-9-22(16)36-25/h3-14H,2H2,1H3. The van der Waals surface area contributed by atoms with E-state index in [9.17, 15) is 14.4 Å². The third-order valence-electron chi connectivity index (χ3n) is 5.92. The second-order valence-corrected chi connectivity index (χ2v) is 9.29. The minimum absolute atomic E-state index is 0.0218. The molecule has 3 aromatic heterocycles. The Morgan fingerprint density at radius 3 is 2.55 bits per heavy atom. The Kier molecular flexibility index (Phi) is 5.84. The third-order valence-corrected chi connectivity index (χ3v) is 6.41. The lowest BCUT2D eigenvalue weighted by atomic mass is 10.0. The van der Waals surface area contributed by atoms with Crippen LogP contribution >= 0.6 is 15.9 Å².